The number of para-hydroxylation sites is 1. The molecule has 1 aliphatic rings. The van der Waals surface area contributed by atoms with Crippen LogP contribution >= 0.6 is 12.4 Å². The summed E-state index contributed by atoms with van der Waals surface area (Å²) in [5, 5.41) is 3.03. The summed E-state index contributed by atoms with van der Waals surface area (Å²) in [4.78, 5) is 14.1. The number of aryl methyl sites for hydroxylation is 1. The largest absolute Gasteiger partial charge is 0.319 e. The lowest BCUT2D eigenvalue weighted by atomic mass is 10.1. The van der Waals surface area contributed by atoms with Gasteiger partial charge in [-0.05, 0) is 37.9 Å². The summed E-state index contributed by atoms with van der Waals surface area (Å²) in [6, 6.07) is 8.28. The van der Waals surface area contributed by atoms with E-state index in [1.807, 2.05) is 18.0 Å². The van der Waals surface area contributed by atoms with Gasteiger partial charge in [-0.15, -0.1) is 12.4 Å². The van der Waals surface area contributed by atoms with Gasteiger partial charge in [0.2, 0.25) is 5.91 Å². The topological polar surface area (TPSA) is 32.3 Å². The van der Waals surface area contributed by atoms with Crippen molar-refractivity contribution >= 4 is 24.0 Å². The van der Waals surface area contributed by atoms with Gasteiger partial charge in [-0.1, -0.05) is 18.2 Å². The first-order valence-electron chi connectivity index (χ1n) is 6.36. The predicted molar refractivity (Wildman–Crippen MR) is 77.5 cm³/mol. The van der Waals surface area contributed by atoms with Gasteiger partial charge in [0.05, 0.1) is 0 Å². The summed E-state index contributed by atoms with van der Waals surface area (Å²) >= 11 is 0. The molecule has 1 aliphatic heterocycles. The fraction of sp³-hybridized carbons (Fsp3) is 0.500. The highest BCUT2D eigenvalue weighted by Crippen LogP contribution is 2.26. The Balaban J connectivity index is 0.00000162. The number of rotatable bonds is 3. The van der Waals surface area contributed by atoms with Crippen molar-refractivity contribution in [3.8, 4) is 0 Å². The van der Waals surface area contributed by atoms with Crippen molar-refractivity contribution in [3.63, 3.8) is 0 Å². The zero-order valence-corrected chi connectivity index (χ0v) is 11.6. The third kappa shape index (κ3) is 3.47. The number of amides is 1. The number of anilines is 1. The number of hydrogen-bond acceptors (Lipinski definition) is 2. The first kappa shape index (κ1) is 15.0. The minimum atomic E-state index is 0. The quantitative estimate of drug-likeness (QED) is 0.913. The monoisotopic (exact) mass is 268 g/mol. The molecule has 0 aromatic heterocycles. The van der Waals surface area contributed by atoms with E-state index in [2.05, 4.69) is 23.5 Å². The molecule has 0 unspecified atom stereocenters. The van der Waals surface area contributed by atoms with E-state index < -0.39 is 0 Å². The van der Waals surface area contributed by atoms with Crippen molar-refractivity contribution < 1.29 is 4.79 Å². The number of nitrogens with zero attached hydrogens (tertiary/aromatic N) is 1. The molecule has 3 nitrogen and oxygen atoms in total. The minimum absolute atomic E-state index is 0. The van der Waals surface area contributed by atoms with Crippen LogP contribution in [-0.2, 0) is 11.2 Å². The number of hydrogen-bond donors (Lipinski definition) is 1. The molecule has 1 aromatic rings. The SMILES string of the molecule is CNCCC(=O)N1CCCCc2ccccc21.Cl. The van der Waals surface area contributed by atoms with Gasteiger partial charge in [-0.2, -0.15) is 0 Å². The Bertz CT molecular complexity index is 395. The molecule has 1 heterocycles. The van der Waals surface area contributed by atoms with Crippen LogP contribution in [0, 0.1) is 0 Å². The van der Waals surface area contributed by atoms with Gasteiger partial charge >= 0.3 is 0 Å². The molecule has 2 rings (SSSR count). The van der Waals surface area contributed by atoms with Crippen LogP contribution in [0.15, 0.2) is 24.3 Å². The molecule has 1 N–H and O–H groups in total. The number of carbonyl (C=O) groups is 1. The van der Waals surface area contributed by atoms with Crippen LogP contribution in [0.4, 0.5) is 5.69 Å². The van der Waals surface area contributed by atoms with E-state index in [0.29, 0.717) is 6.42 Å². The molecule has 100 valence electrons. The lowest BCUT2D eigenvalue weighted by Gasteiger charge is -2.22. The Hall–Kier alpha value is -1.06. The lowest BCUT2D eigenvalue weighted by molar-refractivity contribution is -0.118. The maximum Gasteiger partial charge on any atom is 0.228 e. The van der Waals surface area contributed by atoms with E-state index in [9.17, 15) is 4.79 Å². The van der Waals surface area contributed by atoms with Crippen molar-refractivity contribution in [2.45, 2.75) is 25.7 Å². The Morgan fingerprint density at radius 3 is 2.89 bits per heavy atom. The minimum Gasteiger partial charge on any atom is -0.319 e. The van der Waals surface area contributed by atoms with Gasteiger partial charge in [-0.3, -0.25) is 4.79 Å². The highest BCUT2D eigenvalue weighted by molar-refractivity contribution is 5.94. The molecular weight excluding hydrogens is 248 g/mol. The highest BCUT2D eigenvalue weighted by atomic mass is 35.5. The van der Waals surface area contributed by atoms with E-state index in [1.54, 1.807) is 0 Å². The van der Waals surface area contributed by atoms with Crippen LogP contribution in [0.1, 0.15) is 24.8 Å². The molecule has 0 atom stereocenters. The van der Waals surface area contributed by atoms with Gasteiger partial charge in [0, 0.05) is 25.2 Å². The molecule has 1 amide bonds. The molecule has 0 fully saturated rings. The standard InChI is InChI=1S/C14H20N2O.ClH/c1-15-10-9-14(17)16-11-5-4-7-12-6-2-3-8-13(12)16;/h2-3,6,8,15H,4-5,7,9-11H2,1H3;1H. The summed E-state index contributed by atoms with van der Waals surface area (Å²) in [7, 11) is 1.88. The summed E-state index contributed by atoms with van der Waals surface area (Å²) in [6.45, 7) is 1.61. The molecule has 0 bridgehead atoms. The van der Waals surface area contributed by atoms with Gasteiger partial charge in [-0.25, -0.2) is 0 Å². The maximum absolute atomic E-state index is 12.2. The molecule has 0 aliphatic carbocycles. The van der Waals surface area contributed by atoms with Crippen LogP contribution in [0.25, 0.3) is 0 Å². The van der Waals surface area contributed by atoms with E-state index in [0.717, 1.165) is 31.6 Å². The van der Waals surface area contributed by atoms with E-state index in [-0.39, 0.29) is 18.3 Å². The van der Waals surface area contributed by atoms with Crippen LogP contribution in [0.3, 0.4) is 0 Å². The number of carbonyl (C=O) groups excluding carboxylic acids is 1. The third-order valence-corrected chi connectivity index (χ3v) is 3.25. The highest BCUT2D eigenvalue weighted by Gasteiger charge is 2.19. The molecular formula is C14H21ClN2O. The van der Waals surface area contributed by atoms with Gasteiger partial charge in [0.15, 0.2) is 0 Å². The van der Waals surface area contributed by atoms with Gasteiger partial charge in [0.25, 0.3) is 0 Å². The Morgan fingerprint density at radius 1 is 1.33 bits per heavy atom. The molecule has 4 heteroatoms. The average molecular weight is 269 g/mol. The van der Waals surface area contributed by atoms with Crippen LogP contribution in [0.5, 0.6) is 0 Å². The van der Waals surface area contributed by atoms with Crippen molar-refractivity contribution in [2.75, 3.05) is 25.0 Å². The number of fused-ring (bicyclic) bond motifs is 1. The summed E-state index contributed by atoms with van der Waals surface area (Å²) in [5.74, 6) is 0.230. The molecule has 18 heavy (non-hydrogen) atoms. The van der Waals surface area contributed by atoms with E-state index in [4.69, 9.17) is 0 Å². The second-order valence-corrected chi connectivity index (χ2v) is 4.48. The Labute approximate surface area is 115 Å². The molecule has 0 saturated carbocycles. The number of halogens is 1. The molecule has 1 aromatic carbocycles. The molecule has 0 saturated heterocycles. The van der Waals surface area contributed by atoms with Gasteiger partial charge < -0.3 is 10.2 Å². The number of nitrogens with one attached hydrogen (secondary N) is 1. The predicted octanol–water partition coefficient (Wildman–Crippen LogP) is 2.39. The second-order valence-electron chi connectivity index (χ2n) is 4.48. The van der Waals surface area contributed by atoms with Crippen molar-refractivity contribution in [2.24, 2.45) is 0 Å². The first-order valence-corrected chi connectivity index (χ1v) is 6.36. The summed E-state index contributed by atoms with van der Waals surface area (Å²) in [6.07, 6.45) is 3.93. The van der Waals surface area contributed by atoms with Crippen LogP contribution in [0.2, 0.25) is 0 Å². The lowest BCUT2D eigenvalue weighted by Crippen LogP contribution is -2.33. The second kappa shape index (κ2) is 7.39. The first-order chi connectivity index (χ1) is 8.33. The fourth-order valence-electron chi connectivity index (χ4n) is 2.32. The molecule has 0 radical (unpaired) electrons. The maximum atomic E-state index is 12.2. The van der Waals surface area contributed by atoms with Gasteiger partial charge in [0.1, 0.15) is 0 Å². The third-order valence-electron chi connectivity index (χ3n) is 3.25. The Morgan fingerprint density at radius 2 is 2.11 bits per heavy atom. The summed E-state index contributed by atoms with van der Waals surface area (Å²) in [5.41, 5.74) is 2.42. The van der Waals surface area contributed by atoms with Crippen molar-refractivity contribution in [1.29, 1.82) is 0 Å². The van der Waals surface area contributed by atoms with E-state index >= 15 is 0 Å². The smallest absolute Gasteiger partial charge is 0.228 e. The Kier molecular flexibility index (Phi) is 6.16. The van der Waals surface area contributed by atoms with Crippen molar-refractivity contribution in [3.05, 3.63) is 29.8 Å². The number of benzene rings is 1. The fourth-order valence-corrected chi connectivity index (χ4v) is 2.32. The average Bonchev–Trinajstić information content (AvgIpc) is 2.58. The molecule has 0 spiro atoms. The van der Waals surface area contributed by atoms with E-state index in [1.165, 1.54) is 12.0 Å². The van der Waals surface area contributed by atoms with Crippen molar-refractivity contribution in [1.82, 2.24) is 5.32 Å². The van der Waals surface area contributed by atoms with Crippen LogP contribution < -0.4 is 10.2 Å². The zero-order valence-electron chi connectivity index (χ0n) is 10.8. The zero-order chi connectivity index (χ0) is 12.1. The normalized spacial score (nSPS) is 14.4. The summed E-state index contributed by atoms with van der Waals surface area (Å²) < 4.78 is 0. The van der Waals surface area contributed by atoms with Crippen LogP contribution in [-0.4, -0.2) is 26.0 Å².